The molecule has 1 aliphatic heterocycles. The molecule has 2 heterocycles. The Balaban J connectivity index is 1.56. The van der Waals surface area contributed by atoms with Crippen molar-refractivity contribution in [2.45, 2.75) is 51.6 Å². The normalized spacial score (nSPS) is 14.8. The summed E-state index contributed by atoms with van der Waals surface area (Å²) in [5.74, 6) is 0.448. The summed E-state index contributed by atoms with van der Waals surface area (Å²) in [7, 11) is 1.96. The molecule has 1 saturated heterocycles. The number of aromatic nitrogens is 2. The third-order valence-corrected chi connectivity index (χ3v) is 7.37. The molecule has 1 fully saturated rings. The largest absolute Gasteiger partial charge is 0.465 e. The SMILES string of the molecule is CCCCOC(=O)CN[C@@](C)(C(=O)N1CCCC1)c1ccc2c(c1)nc(CNc1ccc(C(=N)N)cc1)n2C. The highest BCUT2D eigenvalue weighted by molar-refractivity contribution is 5.95. The van der Waals surface area contributed by atoms with Crippen LogP contribution in [0.1, 0.15) is 56.5 Å². The third kappa shape index (κ3) is 6.39. The Bertz CT molecular complexity index is 1330. The maximum atomic E-state index is 13.7. The van der Waals surface area contributed by atoms with E-state index in [9.17, 15) is 9.59 Å². The van der Waals surface area contributed by atoms with E-state index in [1.807, 2.05) is 60.7 Å². The van der Waals surface area contributed by atoms with Crippen molar-refractivity contribution in [2.24, 2.45) is 12.8 Å². The van der Waals surface area contributed by atoms with Crippen molar-refractivity contribution in [3.05, 3.63) is 59.4 Å². The van der Waals surface area contributed by atoms with Crippen LogP contribution in [0.4, 0.5) is 5.69 Å². The molecule has 1 aliphatic rings. The van der Waals surface area contributed by atoms with Crippen molar-refractivity contribution >= 4 is 34.4 Å². The third-order valence-electron chi connectivity index (χ3n) is 7.37. The zero-order valence-electron chi connectivity index (χ0n) is 23.0. The van der Waals surface area contributed by atoms with Gasteiger partial charge < -0.3 is 25.3 Å². The molecule has 10 nitrogen and oxygen atoms in total. The predicted molar refractivity (Wildman–Crippen MR) is 153 cm³/mol. The van der Waals surface area contributed by atoms with Crippen molar-refractivity contribution in [1.29, 1.82) is 5.41 Å². The van der Waals surface area contributed by atoms with Crippen LogP contribution in [0.15, 0.2) is 42.5 Å². The van der Waals surface area contributed by atoms with Crippen molar-refractivity contribution in [1.82, 2.24) is 19.8 Å². The number of nitrogens with zero attached hydrogens (tertiary/aromatic N) is 3. The maximum absolute atomic E-state index is 13.7. The number of carbonyl (C=O) groups excluding carboxylic acids is 2. The molecule has 0 spiro atoms. The van der Waals surface area contributed by atoms with E-state index in [0.29, 0.717) is 31.8 Å². The second-order valence-corrected chi connectivity index (χ2v) is 10.2. The molecule has 208 valence electrons. The summed E-state index contributed by atoms with van der Waals surface area (Å²) < 4.78 is 7.35. The second-order valence-electron chi connectivity index (χ2n) is 10.2. The Kier molecular flexibility index (Phi) is 8.86. The molecule has 39 heavy (non-hydrogen) atoms. The minimum atomic E-state index is -1.10. The zero-order valence-corrected chi connectivity index (χ0v) is 23.0. The summed E-state index contributed by atoms with van der Waals surface area (Å²) in [6.07, 6.45) is 3.72. The lowest BCUT2D eigenvalue weighted by atomic mass is 9.89. The van der Waals surface area contributed by atoms with E-state index in [2.05, 4.69) is 10.6 Å². The summed E-state index contributed by atoms with van der Waals surface area (Å²) in [5, 5.41) is 14.1. The molecule has 1 aromatic heterocycles. The topological polar surface area (TPSA) is 138 Å². The van der Waals surface area contributed by atoms with Gasteiger partial charge in [-0.05, 0) is 68.1 Å². The van der Waals surface area contributed by atoms with Crippen LogP contribution < -0.4 is 16.4 Å². The average molecular weight is 534 g/mol. The number of anilines is 1. The van der Waals surface area contributed by atoms with Crippen molar-refractivity contribution in [3.63, 3.8) is 0 Å². The quantitative estimate of drug-likeness (QED) is 0.121. The molecule has 10 heteroatoms. The van der Waals surface area contributed by atoms with Gasteiger partial charge in [0.25, 0.3) is 0 Å². The summed E-state index contributed by atoms with van der Waals surface area (Å²) in [6.45, 7) is 6.12. The van der Waals surface area contributed by atoms with Gasteiger partial charge in [-0.2, -0.15) is 0 Å². The number of amides is 1. The molecule has 1 atom stereocenters. The number of fused-ring (bicyclic) bond motifs is 1. The minimum Gasteiger partial charge on any atom is -0.465 e. The van der Waals surface area contributed by atoms with Gasteiger partial charge in [-0.25, -0.2) is 4.98 Å². The predicted octanol–water partition coefficient (Wildman–Crippen LogP) is 3.24. The number of nitrogen functional groups attached to an aromatic ring is 1. The highest BCUT2D eigenvalue weighted by Crippen LogP contribution is 2.29. The summed E-state index contributed by atoms with van der Waals surface area (Å²) in [5.41, 5.74) is 8.48. The number of esters is 1. The van der Waals surface area contributed by atoms with Gasteiger partial charge in [0, 0.05) is 31.4 Å². The maximum Gasteiger partial charge on any atom is 0.319 e. The van der Waals surface area contributed by atoms with Crippen LogP contribution in [0, 0.1) is 5.41 Å². The Morgan fingerprint density at radius 3 is 2.54 bits per heavy atom. The fourth-order valence-corrected chi connectivity index (χ4v) is 4.84. The zero-order chi connectivity index (χ0) is 28.0. The lowest BCUT2D eigenvalue weighted by Crippen LogP contribution is -2.54. The fraction of sp³-hybridized carbons (Fsp3) is 0.448. The van der Waals surface area contributed by atoms with Crippen LogP contribution in [0.5, 0.6) is 0 Å². The van der Waals surface area contributed by atoms with Gasteiger partial charge in [-0.3, -0.25) is 20.3 Å². The number of likely N-dealkylation sites (tertiary alicyclic amines) is 1. The summed E-state index contributed by atoms with van der Waals surface area (Å²) in [4.78, 5) is 32.8. The monoisotopic (exact) mass is 533 g/mol. The lowest BCUT2D eigenvalue weighted by Gasteiger charge is -2.34. The van der Waals surface area contributed by atoms with Crippen LogP contribution in [-0.2, 0) is 33.5 Å². The number of nitrogens with two attached hydrogens (primary N) is 1. The van der Waals surface area contributed by atoms with Crippen LogP contribution in [0.2, 0.25) is 0 Å². The number of amidine groups is 1. The highest BCUT2D eigenvalue weighted by Gasteiger charge is 2.39. The molecule has 2 aromatic carbocycles. The number of hydrogen-bond acceptors (Lipinski definition) is 7. The van der Waals surface area contributed by atoms with Gasteiger partial charge in [-0.15, -0.1) is 0 Å². The van der Waals surface area contributed by atoms with Crippen LogP contribution in [0.25, 0.3) is 11.0 Å². The molecular weight excluding hydrogens is 494 g/mol. The molecule has 0 saturated carbocycles. The molecule has 4 rings (SSSR count). The van der Waals surface area contributed by atoms with Crippen LogP contribution in [-0.4, -0.2) is 58.4 Å². The molecule has 0 unspecified atom stereocenters. The Hall–Kier alpha value is -3.92. The first kappa shape index (κ1) is 28.1. The van der Waals surface area contributed by atoms with Crippen molar-refractivity contribution in [3.8, 4) is 0 Å². The summed E-state index contributed by atoms with van der Waals surface area (Å²) in [6, 6.07) is 13.2. The highest BCUT2D eigenvalue weighted by atomic mass is 16.5. The number of carbonyl (C=O) groups is 2. The number of hydrogen-bond donors (Lipinski definition) is 4. The van der Waals surface area contributed by atoms with E-state index < -0.39 is 5.54 Å². The standard InChI is InChI=1S/C29H39N7O3/c1-4-5-16-39-26(37)19-33-29(2,28(38)36-14-6-7-15-36)21-10-13-24-23(17-21)34-25(35(24)3)18-32-22-11-8-20(9-12-22)27(30)31/h8-13,17,32-33H,4-7,14-16,18-19H2,1-3H3,(H3,30,31)/t29-/m1/s1. The molecule has 0 aliphatic carbocycles. The second kappa shape index (κ2) is 12.3. The van der Waals surface area contributed by atoms with Gasteiger partial charge in [0.15, 0.2) is 0 Å². The van der Waals surface area contributed by atoms with Crippen molar-refractivity contribution in [2.75, 3.05) is 31.6 Å². The Labute approximate surface area is 229 Å². The molecule has 0 bridgehead atoms. The number of imidazole rings is 1. The number of nitrogens with one attached hydrogen (secondary N) is 3. The van der Waals surface area contributed by atoms with Crippen LogP contribution >= 0.6 is 0 Å². The van der Waals surface area contributed by atoms with Gasteiger partial charge >= 0.3 is 5.97 Å². The number of unbranched alkanes of at least 4 members (excludes halogenated alkanes) is 1. The van der Waals surface area contributed by atoms with Crippen molar-refractivity contribution < 1.29 is 14.3 Å². The smallest absolute Gasteiger partial charge is 0.319 e. The van der Waals surface area contributed by atoms with E-state index in [4.69, 9.17) is 20.9 Å². The molecule has 5 N–H and O–H groups in total. The van der Waals surface area contributed by atoms with Gasteiger partial charge in [0.05, 0.1) is 30.7 Å². The molecular formula is C29H39N7O3. The van der Waals surface area contributed by atoms with E-state index in [-0.39, 0.29) is 24.3 Å². The number of benzene rings is 2. The Morgan fingerprint density at radius 1 is 1.15 bits per heavy atom. The van der Waals surface area contributed by atoms with Gasteiger partial charge in [0.2, 0.25) is 5.91 Å². The van der Waals surface area contributed by atoms with E-state index >= 15 is 0 Å². The molecule has 3 aromatic rings. The van der Waals surface area contributed by atoms with Gasteiger partial charge in [-0.1, -0.05) is 19.4 Å². The van der Waals surface area contributed by atoms with E-state index in [1.54, 1.807) is 12.1 Å². The number of aryl methyl sites for hydroxylation is 1. The Morgan fingerprint density at radius 2 is 1.87 bits per heavy atom. The number of rotatable bonds is 12. The lowest BCUT2D eigenvalue weighted by molar-refractivity contribution is -0.144. The first-order valence-corrected chi connectivity index (χ1v) is 13.6. The van der Waals surface area contributed by atoms with Crippen LogP contribution in [0.3, 0.4) is 0 Å². The minimum absolute atomic E-state index is 0.0331. The number of ether oxygens (including phenoxy) is 1. The fourth-order valence-electron chi connectivity index (χ4n) is 4.84. The molecule has 0 radical (unpaired) electrons. The van der Waals surface area contributed by atoms with E-state index in [0.717, 1.165) is 53.8 Å². The summed E-state index contributed by atoms with van der Waals surface area (Å²) >= 11 is 0. The first-order valence-electron chi connectivity index (χ1n) is 13.6. The molecule has 1 amide bonds. The van der Waals surface area contributed by atoms with Gasteiger partial charge in [0.1, 0.15) is 17.2 Å². The average Bonchev–Trinajstić information content (AvgIpc) is 3.58. The van der Waals surface area contributed by atoms with E-state index in [1.165, 1.54) is 0 Å². The first-order chi connectivity index (χ1) is 18.7.